The Morgan fingerprint density at radius 2 is 1.86 bits per heavy atom. The van der Waals surface area contributed by atoms with Crippen molar-refractivity contribution < 1.29 is 9.23 Å². The largest absolute Gasteiger partial charge is 0.395 e. The van der Waals surface area contributed by atoms with Crippen molar-refractivity contribution in [1.29, 1.82) is 0 Å². The number of hydrogen-bond donors (Lipinski definition) is 0. The lowest BCUT2D eigenvalue weighted by atomic mass is 9.80. The number of oxime groups is 1. The fourth-order valence-corrected chi connectivity index (χ4v) is 5.12. The molecule has 1 aromatic carbocycles. The summed E-state index contributed by atoms with van der Waals surface area (Å²) < 4.78 is 15.1. The van der Waals surface area contributed by atoms with Gasteiger partial charge in [-0.2, -0.15) is 0 Å². The Labute approximate surface area is 209 Å². The summed E-state index contributed by atoms with van der Waals surface area (Å²) in [6.45, 7) is 0.647. The molecule has 0 aliphatic heterocycles. The van der Waals surface area contributed by atoms with Gasteiger partial charge in [0, 0.05) is 32.1 Å². The van der Waals surface area contributed by atoms with E-state index in [4.69, 9.17) is 16.4 Å². The summed E-state index contributed by atoms with van der Waals surface area (Å²) in [5.41, 5.74) is 4.03. The number of fused-ring (bicyclic) bond motifs is 1. The van der Waals surface area contributed by atoms with Gasteiger partial charge >= 0.3 is 0 Å². The minimum absolute atomic E-state index is 0.0734. The molecule has 0 atom stereocenters. The van der Waals surface area contributed by atoms with Crippen LogP contribution in [0.1, 0.15) is 44.1 Å². The van der Waals surface area contributed by atoms with Crippen LogP contribution in [0.25, 0.3) is 11.0 Å². The molecule has 0 unspecified atom stereocenters. The minimum atomic E-state index is -0.257. The topological polar surface area (TPSA) is 59.7 Å². The predicted molar refractivity (Wildman–Crippen MR) is 138 cm³/mol. The Morgan fingerprint density at radius 3 is 2.54 bits per heavy atom. The fourth-order valence-electron chi connectivity index (χ4n) is 4.97. The van der Waals surface area contributed by atoms with E-state index in [-0.39, 0.29) is 23.3 Å². The maximum atomic E-state index is 13.5. The van der Waals surface area contributed by atoms with Crippen LogP contribution in [0.2, 0.25) is 5.15 Å². The van der Waals surface area contributed by atoms with E-state index >= 15 is 0 Å². The quantitative estimate of drug-likeness (QED) is 0.244. The van der Waals surface area contributed by atoms with Crippen LogP contribution >= 0.6 is 11.6 Å². The van der Waals surface area contributed by atoms with E-state index < -0.39 is 0 Å². The van der Waals surface area contributed by atoms with Crippen LogP contribution in [0.5, 0.6) is 0 Å². The second kappa shape index (κ2) is 9.97. The van der Waals surface area contributed by atoms with Crippen molar-refractivity contribution >= 4 is 34.0 Å². The molecule has 2 fully saturated rings. The Kier molecular flexibility index (Phi) is 6.78. The van der Waals surface area contributed by atoms with Gasteiger partial charge in [0.15, 0.2) is 0 Å². The second-order valence-corrected chi connectivity index (χ2v) is 10.2. The first-order valence-electron chi connectivity index (χ1n) is 12.3. The number of aryl methyl sites for hydroxylation is 1. The number of nitrogens with zero attached hydrogens (tertiary/aromatic N) is 4. The molecule has 35 heavy (non-hydrogen) atoms. The van der Waals surface area contributed by atoms with Gasteiger partial charge in [0.25, 0.3) is 5.56 Å². The van der Waals surface area contributed by atoms with Crippen LogP contribution in [0, 0.1) is 17.7 Å². The minimum Gasteiger partial charge on any atom is -0.395 e. The Hall–Kier alpha value is -2.93. The molecular formula is C27H30ClFN4O2. The van der Waals surface area contributed by atoms with E-state index in [1.807, 2.05) is 13.1 Å². The highest BCUT2D eigenvalue weighted by Gasteiger charge is 2.30. The molecular weight excluding hydrogens is 467 g/mol. The van der Waals surface area contributed by atoms with Gasteiger partial charge in [-0.15, -0.1) is 0 Å². The summed E-state index contributed by atoms with van der Waals surface area (Å²) in [5.74, 6) is 0.595. The van der Waals surface area contributed by atoms with E-state index in [0.717, 1.165) is 53.7 Å². The molecule has 2 aromatic heterocycles. The van der Waals surface area contributed by atoms with E-state index in [1.54, 1.807) is 35.9 Å². The zero-order valence-corrected chi connectivity index (χ0v) is 20.8. The predicted octanol–water partition coefficient (Wildman–Crippen LogP) is 5.55. The summed E-state index contributed by atoms with van der Waals surface area (Å²) >= 11 is 6.19. The van der Waals surface area contributed by atoms with Gasteiger partial charge in [0.2, 0.25) is 0 Å². The number of rotatable bonds is 7. The van der Waals surface area contributed by atoms with Crippen molar-refractivity contribution in [3.8, 4) is 0 Å². The van der Waals surface area contributed by atoms with Crippen molar-refractivity contribution in [2.75, 3.05) is 18.6 Å². The third kappa shape index (κ3) is 5.20. The standard InChI is InChI=1S/C27H30ClFN4O2/c1-32(23-15-25(34)33(2)22-13-14-24(28)30-27(22)23)21-11-7-19(8-12-21)26(31-35-16-17-3-4-17)18-5-9-20(29)10-6-18/h5-6,9-10,13-15,17,19,21H,3-4,7-8,11-12,16H2,1-2H3/b31-26+. The Bertz CT molecular complexity index is 1300. The average molecular weight is 497 g/mol. The number of pyridine rings is 2. The van der Waals surface area contributed by atoms with Crippen molar-refractivity contribution in [3.63, 3.8) is 0 Å². The van der Waals surface area contributed by atoms with Crippen molar-refractivity contribution in [1.82, 2.24) is 9.55 Å². The highest BCUT2D eigenvalue weighted by molar-refractivity contribution is 6.29. The lowest BCUT2D eigenvalue weighted by molar-refractivity contribution is 0.131. The van der Waals surface area contributed by atoms with E-state index in [9.17, 15) is 9.18 Å². The van der Waals surface area contributed by atoms with Gasteiger partial charge in [-0.05, 0) is 74.3 Å². The molecule has 2 aliphatic rings. The molecule has 184 valence electrons. The first-order chi connectivity index (χ1) is 16.9. The van der Waals surface area contributed by atoms with Crippen LogP contribution in [0.3, 0.4) is 0 Å². The van der Waals surface area contributed by atoms with Crippen molar-refractivity contribution in [3.05, 3.63) is 69.4 Å². The molecule has 8 heteroatoms. The van der Waals surface area contributed by atoms with Crippen molar-refractivity contribution in [2.24, 2.45) is 24.0 Å². The van der Waals surface area contributed by atoms with Crippen molar-refractivity contribution in [2.45, 2.75) is 44.6 Å². The SMILES string of the molecule is CN(c1cc(=O)n(C)c2ccc(Cl)nc12)C1CCC(/C(=N/OCC2CC2)c2ccc(F)cc2)CC1. The molecule has 5 rings (SSSR count). The molecule has 2 aliphatic carbocycles. The van der Waals surface area contributed by atoms with Crippen LogP contribution in [0.15, 0.2) is 52.4 Å². The Morgan fingerprint density at radius 1 is 1.14 bits per heavy atom. The van der Waals surface area contributed by atoms with Gasteiger partial charge in [-0.3, -0.25) is 4.79 Å². The van der Waals surface area contributed by atoms with Crippen LogP contribution in [0.4, 0.5) is 10.1 Å². The first kappa shape index (κ1) is 23.8. The fraction of sp³-hybridized carbons (Fsp3) is 0.444. The molecule has 0 radical (unpaired) electrons. The third-order valence-electron chi connectivity index (χ3n) is 7.36. The van der Waals surface area contributed by atoms with E-state index in [2.05, 4.69) is 15.0 Å². The molecule has 0 bridgehead atoms. The molecule has 0 N–H and O–H groups in total. The van der Waals surface area contributed by atoms with E-state index in [1.165, 1.54) is 25.0 Å². The molecule has 0 saturated heterocycles. The number of hydrogen-bond acceptors (Lipinski definition) is 5. The first-order valence-corrected chi connectivity index (χ1v) is 12.6. The summed E-state index contributed by atoms with van der Waals surface area (Å²) in [4.78, 5) is 25.0. The van der Waals surface area contributed by atoms with E-state index in [0.29, 0.717) is 17.7 Å². The molecule has 3 aromatic rings. The highest BCUT2D eigenvalue weighted by atomic mass is 35.5. The van der Waals surface area contributed by atoms with Crippen LogP contribution < -0.4 is 10.5 Å². The number of benzene rings is 1. The number of anilines is 1. The monoisotopic (exact) mass is 496 g/mol. The molecule has 2 heterocycles. The summed E-state index contributed by atoms with van der Waals surface area (Å²) in [7, 11) is 3.77. The highest BCUT2D eigenvalue weighted by Crippen LogP contribution is 2.34. The van der Waals surface area contributed by atoms with Gasteiger partial charge < -0.3 is 14.3 Å². The zero-order valence-electron chi connectivity index (χ0n) is 20.1. The maximum Gasteiger partial charge on any atom is 0.252 e. The van der Waals surface area contributed by atoms with Gasteiger partial charge in [0.05, 0.1) is 16.9 Å². The Balaban J connectivity index is 1.35. The third-order valence-corrected chi connectivity index (χ3v) is 7.57. The summed E-state index contributed by atoms with van der Waals surface area (Å²) in [5, 5.41) is 4.94. The normalized spacial score (nSPS) is 20.7. The summed E-state index contributed by atoms with van der Waals surface area (Å²) in [6.07, 6.45) is 6.12. The van der Waals surface area contributed by atoms with Gasteiger partial charge in [-0.1, -0.05) is 28.9 Å². The van der Waals surface area contributed by atoms with Crippen LogP contribution in [-0.2, 0) is 11.9 Å². The zero-order chi connectivity index (χ0) is 24.5. The smallest absolute Gasteiger partial charge is 0.252 e. The van der Waals surface area contributed by atoms with Crippen LogP contribution in [-0.4, -0.2) is 35.0 Å². The van der Waals surface area contributed by atoms with Gasteiger partial charge in [-0.25, -0.2) is 9.37 Å². The molecule has 0 amide bonds. The maximum absolute atomic E-state index is 13.5. The number of halogens is 2. The molecule has 0 spiro atoms. The lowest BCUT2D eigenvalue weighted by Crippen LogP contribution is -2.37. The summed E-state index contributed by atoms with van der Waals surface area (Å²) in [6, 6.07) is 12.0. The second-order valence-electron chi connectivity index (χ2n) is 9.77. The molecule has 6 nitrogen and oxygen atoms in total. The average Bonchev–Trinajstić information content (AvgIpc) is 3.69. The lowest BCUT2D eigenvalue weighted by Gasteiger charge is -2.36. The molecule has 2 saturated carbocycles. The number of aromatic nitrogens is 2. The van der Waals surface area contributed by atoms with Gasteiger partial charge in [0.1, 0.15) is 23.1 Å².